The lowest BCUT2D eigenvalue weighted by molar-refractivity contribution is 0.0502. The molecule has 5 heteroatoms. The summed E-state index contributed by atoms with van der Waals surface area (Å²) in [7, 11) is 0. The standard InChI is InChI=1S/C12H11ClN2O2/c13-10-3-1-9(2-4-10)6-8-17-12(16)11-5-7-14-15-11/h1-5,7H,6,8H2,(H,14,15). The summed E-state index contributed by atoms with van der Waals surface area (Å²) in [6.07, 6.45) is 2.17. The summed E-state index contributed by atoms with van der Waals surface area (Å²) >= 11 is 5.77. The number of benzene rings is 1. The molecule has 0 bridgehead atoms. The summed E-state index contributed by atoms with van der Waals surface area (Å²) in [5.74, 6) is -0.392. The monoisotopic (exact) mass is 250 g/mol. The number of carbonyl (C=O) groups excluding carboxylic acids is 1. The molecule has 0 aliphatic heterocycles. The van der Waals surface area contributed by atoms with Crippen molar-refractivity contribution in [2.24, 2.45) is 0 Å². The van der Waals surface area contributed by atoms with E-state index in [0.29, 0.717) is 23.7 Å². The normalized spacial score (nSPS) is 10.2. The highest BCUT2D eigenvalue weighted by atomic mass is 35.5. The molecule has 0 saturated carbocycles. The minimum absolute atomic E-state index is 0.333. The molecule has 0 atom stereocenters. The van der Waals surface area contributed by atoms with E-state index in [0.717, 1.165) is 5.56 Å². The van der Waals surface area contributed by atoms with Crippen molar-refractivity contribution in [2.75, 3.05) is 6.61 Å². The summed E-state index contributed by atoms with van der Waals surface area (Å²) in [5.41, 5.74) is 1.44. The van der Waals surface area contributed by atoms with Gasteiger partial charge in [0.1, 0.15) is 5.69 Å². The predicted molar refractivity (Wildman–Crippen MR) is 64.0 cm³/mol. The van der Waals surface area contributed by atoms with Gasteiger partial charge in [-0.05, 0) is 23.8 Å². The third-order valence-corrected chi connectivity index (χ3v) is 2.51. The molecule has 0 saturated heterocycles. The molecular weight excluding hydrogens is 240 g/mol. The highest BCUT2D eigenvalue weighted by molar-refractivity contribution is 6.30. The summed E-state index contributed by atoms with van der Waals surface area (Å²) in [5, 5.41) is 6.93. The van der Waals surface area contributed by atoms with Gasteiger partial charge in [-0.1, -0.05) is 23.7 Å². The second kappa shape index (κ2) is 5.50. The van der Waals surface area contributed by atoms with Crippen molar-refractivity contribution in [3.05, 3.63) is 52.8 Å². The number of esters is 1. The van der Waals surface area contributed by atoms with Crippen LogP contribution in [0.15, 0.2) is 36.5 Å². The van der Waals surface area contributed by atoms with E-state index in [1.807, 2.05) is 24.3 Å². The maximum Gasteiger partial charge on any atom is 0.356 e. The number of rotatable bonds is 4. The number of nitrogens with zero attached hydrogens (tertiary/aromatic N) is 1. The van der Waals surface area contributed by atoms with Crippen LogP contribution in [-0.4, -0.2) is 22.8 Å². The van der Waals surface area contributed by atoms with Gasteiger partial charge in [0.05, 0.1) is 6.61 Å². The van der Waals surface area contributed by atoms with E-state index in [-0.39, 0.29) is 0 Å². The Morgan fingerprint density at radius 3 is 2.71 bits per heavy atom. The Hall–Kier alpha value is -1.81. The number of aromatic nitrogens is 2. The summed E-state index contributed by atoms with van der Waals surface area (Å²) in [6.45, 7) is 0.333. The predicted octanol–water partition coefficient (Wildman–Crippen LogP) is 2.46. The Morgan fingerprint density at radius 2 is 2.06 bits per heavy atom. The molecule has 1 N–H and O–H groups in total. The number of hydrogen-bond acceptors (Lipinski definition) is 3. The molecule has 2 rings (SSSR count). The van der Waals surface area contributed by atoms with E-state index < -0.39 is 5.97 Å². The molecular formula is C12H11ClN2O2. The molecule has 88 valence electrons. The van der Waals surface area contributed by atoms with Crippen LogP contribution in [0.4, 0.5) is 0 Å². The summed E-state index contributed by atoms with van der Waals surface area (Å²) in [4.78, 5) is 11.4. The Morgan fingerprint density at radius 1 is 1.29 bits per heavy atom. The van der Waals surface area contributed by atoms with Gasteiger partial charge in [0.15, 0.2) is 0 Å². The zero-order valence-corrected chi connectivity index (χ0v) is 9.78. The van der Waals surface area contributed by atoms with Crippen LogP contribution < -0.4 is 0 Å². The molecule has 0 unspecified atom stereocenters. The Kier molecular flexibility index (Phi) is 3.77. The Bertz CT molecular complexity index is 480. The number of aromatic amines is 1. The fraction of sp³-hybridized carbons (Fsp3) is 0.167. The van der Waals surface area contributed by atoms with Crippen LogP contribution in [-0.2, 0) is 11.2 Å². The minimum atomic E-state index is -0.392. The topological polar surface area (TPSA) is 55.0 Å². The Balaban J connectivity index is 1.80. The van der Waals surface area contributed by atoms with Gasteiger partial charge in [0, 0.05) is 17.6 Å². The lowest BCUT2D eigenvalue weighted by Gasteiger charge is -2.03. The lowest BCUT2D eigenvalue weighted by atomic mass is 10.2. The van der Waals surface area contributed by atoms with Crippen LogP contribution in [0.2, 0.25) is 5.02 Å². The van der Waals surface area contributed by atoms with Crippen molar-refractivity contribution >= 4 is 17.6 Å². The van der Waals surface area contributed by atoms with Gasteiger partial charge in [-0.3, -0.25) is 5.10 Å². The van der Waals surface area contributed by atoms with E-state index in [2.05, 4.69) is 10.2 Å². The average molecular weight is 251 g/mol. The molecule has 0 aliphatic rings. The molecule has 4 nitrogen and oxygen atoms in total. The fourth-order valence-electron chi connectivity index (χ4n) is 1.36. The third-order valence-electron chi connectivity index (χ3n) is 2.26. The van der Waals surface area contributed by atoms with Crippen LogP contribution >= 0.6 is 11.6 Å². The lowest BCUT2D eigenvalue weighted by Crippen LogP contribution is -2.08. The van der Waals surface area contributed by atoms with E-state index >= 15 is 0 Å². The van der Waals surface area contributed by atoms with Crippen LogP contribution in [0.3, 0.4) is 0 Å². The molecule has 0 fully saturated rings. The average Bonchev–Trinajstić information content (AvgIpc) is 2.85. The first-order valence-electron chi connectivity index (χ1n) is 5.16. The molecule has 1 heterocycles. The summed E-state index contributed by atoms with van der Waals surface area (Å²) < 4.78 is 5.08. The molecule has 0 aliphatic carbocycles. The quantitative estimate of drug-likeness (QED) is 0.848. The van der Waals surface area contributed by atoms with Gasteiger partial charge in [-0.15, -0.1) is 0 Å². The molecule has 0 amide bonds. The van der Waals surface area contributed by atoms with Gasteiger partial charge in [-0.25, -0.2) is 4.79 Å². The first-order chi connectivity index (χ1) is 8.25. The van der Waals surface area contributed by atoms with Gasteiger partial charge in [-0.2, -0.15) is 5.10 Å². The van der Waals surface area contributed by atoms with Crippen molar-refractivity contribution in [1.29, 1.82) is 0 Å². The van der Waals surface area contributed by atoms with Crippen LogP contribution in [0, 0.1) is 0 Å². The van der Waals surface area contributed by atoms with Crippen LogP contribution in [0.1, 0.15) is 16.1 Å². The second-order valence-corrected chi connectivity index (χ2v) is 3.92. The third kappa shape index (κ3) is 3.32. The zero-order chi connectivity index (χ0) is 12.1. The highest BCUT2D eigenvalue weighted by Gasteiger charge is 2.07. The van der Waals surface area contributed by atoms with E-state index in [1.165, 1.54) is 6.20 Å². The van der Waals surface area contributed by atoms with Crippen molar-refractivity contribution in [3.8, 4) is 0 Å². The van der Waals surface area contributed by atoms with E-state index in [1.54, 1.807) is 6.07 Å². The molecule has 1 aromatic carbocycles. The van der Waals surface area contributed by atoms with Crippen LogP contribution in [0.5, 0.6) is 0 Å². The smallest absolute Gasteiger partial charge is 0.356 e. The molecule has 17 heavy (non-hydrogen) atoms. The minimum Gasteiger partial charge on any atom is -0.461 e. The van der Waals surface area contributed by atoms with Crippen molar-refractivity contribution in [1.82, 2.24) is 10.2 Å². The highest BCUT2D eigenvalue weighted by Crippen LogP contribution is 2.10. The molecule has 0 radical (unpaired) electrons. The van der Waals surface area contributed by atoms with Crippen molar-refractivity contribution < 1.29 is 9.53 Å². The maximum absolute atomic E-state index is 11.4. The van der Waals surface area contributed by atoms with E-state index in [4.69, 9.17) is 16.3 Å². The number of halogens is 1. The maximum atomic E-state index is 11.4. The second-order valence-electron chi connectivity index (χ2n) is 3.48. The van der Waals surface area contributed by atoms with Crippen molar-refractivity contribution in [3.63, 3.8) is 0 Å². The van der Waals surface area contributed by atoms with Gasteiger partial charge in [0.25, 0.3) is 0 Å². The summed E-state index contributed by atoms with van der Waals surface area (Å²) in [6, 6.07) is 9.02. The molecule has 0 spiro atoms. The number of H-pyrrole nitrogens is 1. The first kappa shape index (κ1) is 11.7. The fourth-order valence-corrected chi connectivity index (χ4v) is 1.49. The largest absolute Gasteiger partial charge is 0.461 e. The van der Waals surface area contributed by atoms with Crippen LogP contribution in [0.25, 0.3) is 0 Å². The number of hydrogen-bond donors (Lipinski definition) is 1. The van der Waals surface area contributed by atoms with Gasteiger partial charge < -0.3 is 4.74 Å². The van der Waals surface area contributed by atoms with Gasteiger partial charge >= 0.3 is 5.97 Å². The van der Waals surface area contributed by atoms with Gasteiger partial charge in [0.2, 0.25) is 0 Å². The SMILES string of the molecule is O=C(OCCc1ccc(Cl)cc1)c1ccn[nH]1. The molecule has 2 aromatic rings. The van der Waals surface area contributed by atoms with Crippen molar-refractivity contribution in [2.45, 2.75) is 6.42 Å². The Labute approximate surface area is 104 Å². The number of ether oxygens (including phenoxy) is 1. The zero-order valence-electron chi connectivity index (χ0n) is 9.02. The van der Waals surface area contributed by atoms with E-state index in [9.17, 15) is 4.79 Å². The number of carbonyl (C=O) groups is 1. The number of nitrogens with one attached hydrogen (secondary N) is 1. The molecule has 1 aromatic heterocycles. The first-order valence-corrected chi connectivity index (χ1v) is 5.54.